The zero-order chi connectivity index (χ0) is 15.9. The molecule has 1 fully saturated rings. The number of carbonyl (C=O) groups is 2. The molecule has 0 aliphatic heterocycles. The van der Waals surface area contributed by atoms with Gasteiger partial charge in [-0.25, -0.2) is 4.79 Å². The van der Waals surface area contributed by atoms with Crippen LogP contribution in [-0.2, 0) is 4.79 Å². The summed E-state index contributed by atoms with van der Waals surface area (Å²) < 4.78 is 0. The number of carbonyl (C=O) groups excluding carboxylic acids is 1. The predicted octanol–water partition coefficient (Wildman–Crippen LogP) is 3.15. The van der Waals surface area contributed by atoms with Crippen LogP contribution in [0.2, 0.25) is 0 Å². The van der Waals surface area contributed by atoms with Crippen LogP contribution in [0.4, 0.5) is 4.79 Å². The highest BCUT2D eigenvalue weighted by Crippen LogP contribution is 2.27. The lowest BCUT2D eigenvalue weighted by Crippen LogP contribution is -2.49. The van der Waals surface area contributed by atoms with Gasteiger partial charge in [0.1, 0.15) is 0 Å². The molecule has 21 heavy (non-hydrogen) atoms. The second-order valence-corrected chi connectivity index (χ2v) is 6.26. The largest absolute Gasteiger partial charge is 0.481 e. The molecule has 1 aliphatic carbocycles. The fourth-order valence-electron chi connectivity index (χ4n) is 3.16. The summed E-state index contributed by atoms with van der Waals surface area (Å²) in [6.45, 7) is 6.08. The quantitative estimate of drug-likeness (QED) is 0.675. The van der Waals surface area contributed by atoms with Crippen molar-refractivity contribution in [2.75, 3.05) is 6.54 Å². The molecule has 2 amide bonds. The Kier molecular flexibility index (Phi) is 6.99. The molecule has 2 atom stereocenters. The van der Waals surface area contributed by atoms with E-state index in [1.54, 1.807) is 0 Å². The van der Waals surface area contributed by atoms with Crippen LogP contribution in [0.3, 0.4) is 0 Å². The Morgan fingerprint density at radius 1 is 1.19 bits per heavy atom. The minimum absolute atomic E-state index is 0.186. The van der Waals surface area contributed by atoms with Crippen LogP contribution in [0.1, 0.15) is 65.7 Å². The van der Waals surface area contributed by atoms with Gasteiger partial charge in [0.25, 0.3) is 0 Å². The summed E-state index contributed by atoms with van der Waals surface area (Å²) in [5, 5.41) is 15.1. The van der Waals surface area contributed by atoms with E-state index in [-0.39, 0.29) is 18.6 Å². The van der Waals surface area contributed by atoms with E-state index in [2.05, 4.69) is 17.6 Å². The number of nitrogens with one attached hydrogen (secondary N) is 2. The van der Waals surface area contributed by atoms with Crippen molar-refractivity contribution >= 4 is 12.0 Å². The summed E-state index contributed by atoms with van der Waals surface area (Å²) in [6, 6.07) is -0.00420. The van der Waals surface area contributed by atoms with E-state index in [1.807, 2.05) is 13.8 Å². The second-order valence-electron chi connectivity index (χ2n) is 6.26. The lowest BCUT2D eigenvalue weighted by Gasteiger charge is -2.30. The van der Waals surface area contributed by atoms with Crippen molar-refractivity contribution < 1.29 is 14.7 Å². The Bertz CT molecular complexity index is 353. The van der Waals surface area contributed by atoms with Crippen molar-refractivity contribution in [1.29, 1.82) is 0 Å². The van der Waals surface area contributed by atoms with Gasteiger partial charge in [-0.05, 0) is 31.6 Å². The minimum Gasteiger partial charge on any atom is -0.481 e. The normalized spacial score (nSPS) is 22.6. The third-order valence-corrected chi connectivity index (χ3v) is 5.09. The molecule has 5 nitrogen and oxygen atoms in total. The Hall–Kier alpha value is -1.26. The number of carboxylic acids is 1. The zero-order valence-electron chi connectivity index (χ0n) is 13.6. The highest BCUT2D eigenvalue weighted by atomic mass is 16.4. The van der Waals surface area contributed by atoms with E-state index < -0.39 is 11.4 Å². The topological polar surface area (TPSA) is 78.4 Å². The predicted molar refractivity (Wildman–Crippen MR) is 83.2 cm³/mol. The smallest absolute Gasteiger partial charge is 0.315 e. The summed E-state index contributed by atoms with van der Waals surface area (Å²) in [6.07, 6.45) is 6.66. The molecule has 0 aromatic heterocycles. The van der Waals surface area contributed by atoms with E-state index in [0.717, 1.165) is 25.7 Å². The summed E-state index contributed by atoms with van der Waals surface area (Å²) >= 11 is 0. The van der Waals surface area contributed by atoms with Gasteiger partial charge < -0.3 is 15.7 Å². The highest BCUT2D eigenvalue weighted by molar-refractivity contribution is 5.78. The number of hydrogen-bond acceptors (Lipinski definition) is 2. The van der Waals surface area contributed by atoms with Gasteiger partial charge in [0.05, 0.1) is 5.41 Å². The molecule has 0 saturated heterocycles. The van der Waals surface area contributed by atoms with Gasteiger partial charge in [-0.15, -0.1) is 0 Å². The van der Waals surface area contributed by atoms with Gasteiger partial charge >= 0.3 is 12.0 Å². The summed E-state index contributed by atoms with van der Waals surface area (Å²) in [7, 11) is 0. The molecule has 5 heteroatoms. The Morgan fingerprint density at radius 2 is 1.86 bits per heavy atom. The molecule has 2 unspecified atom stereocenters. The SMILES string of the molecule is CCC1CCCC(NC(=O)NCC(CC)(CC)C(=O)O)C1. The van der Waals surface area contributed by atoms with Crippen LogP contribution in [0.15, 0.2) is 0 Å². The van der Waals surface area contributed by atoms with E-state index in [1.165, 1.54) is 6.42 Å². The summed E-state index contributed by atoms with van der Waals surface area (Å²) in [5.74, 6) is -0.134. The van der Waals surface area contributed by atoms with Gasteiger partial charge in [-0.3, -0.25) is 4.79 Å². The Morgan fingerprint density at radius 3 is 2.38 bits per heavy atom. The number of aliphatic carboxylic acids is 1. The van der Waals surface area contributed by atoms with E-state index in [0.29, 0.717) is 18.8 Å². The first-order valence-electron chi connectivity index (χ1n) is 8.25. The van der Waals surface area contributed by atoms with Crippen molar-refractivity contribution in [2.24, 2.45) is 11.3 Å². The standard InChI is InChI=1S/C16H30N2O3/c1-4-12-8-7-9-13(10-12)18-15(21)17-11-16(5-2,6-3)14(19)20/h12-13H,4-11H2,1-3H3,(H,19,20)(H2,17,18,21). The fourth-order valence-corrected chi connectivity index (χ4v) is 3.16. The molecule has 0 aromatic carbocycles. The van der Waals surface area contributed by atoms with Crippen molar-refractivity contribution in [2.45, 2.75) is 71.8 Å². The molecule has 122 valence electrons. The molecule has 1 saturated carbocycles. The number of urea groups is 1. The molecule has 0 radical (unpaired) electrons. The molecule has 0 spiro atoms. The molecule has 1 rings (SSSR count). The number of hydrogen-bond donors (Lipinski definition) is 3. The van der Waals surface area contributed by atoms with Crippen LogP contribution in [0.25, 0.3) is 0 Å². The van der Waals surface area contributed by atoms with E-state index >= 15 is 0 Å². The third-order valence-electron chi connectivity index (χ3n) is 5.09. The van der Waals surface area contributed by atoms with E-state index in [9.17, 15) is 14.7 Å². The minimum atomic E-state index is -0.851. The number of amides is 2. The maximum atomic E-state index is 12.0. The lowest BCUT2D eigenvalue weighted by atomic mass is 9.82. The average Bonchev–Trinajstić information content (AvgIpc) is 2.48. The molecule has 3 N–H and O–H groups in total. The van der Waals surface area contributed by atoms with Crippen LogP contribution >= 0.6 is 0 Å². The first-order valence-corrected chi connectivity index (χ1v) is 8.25. The van der Waals surface area contributed by atoms with Crippen molar-refractivity contribution in [3.05, 3.63) is 0 Å². The van der Waals surface area contributed by atoms with Crippen molar-refractivity contribution in [3.8, 4) is 0 Å². The summed E-state index contributed by atoms with van der Waals surface area (Å²) in [5.41, 5.74) is -0.851. The molecule has 0 heterocycles. The molecular weight excluding hydrogens is 268 g/mol. The summed E-state index contributed by atoms with van der Waals surface area (Å²) in [4.78, 5) is 23.4. The highest BCUT2D eigenvalue weighted by Gasteiger charge is 2.35. The first-order chi connectivity index (χ1) is 9.97. The van der Waals surface area contributed by atoms with Crippen LogP contribution in [0, 0.1) is 11.3 Å². The van der Waals surface area contributed by atoms with Gasteiger partial charge in [-0.2, -0.15) is 0 Å². The first kappa shape index (κ1) is 17.8. The maximum absolute atomic E-state index is 12.0. The lowest BCUT2D eigenvalue weighted by molar-refractivity contribution is -0.149. The van der Waals surface area contributed by atoms with Gasteiger partial charge in [0.2, 0.25) is 0 Å². The average molecular weight is 298 g/mol. The fraction of sp³-hybridized carbons (Fsp3) is 0.875. The zero-order valence-corrected chi connectivity index (χ0v) is 13.6. The molecule has 0 aromatic rings. The Balaban J connectivity index is 2.44. The van der Waals surface area contributed by atoms with Crippen LogP contribution in [-0.4, -0.2) is 29.7 Å². The maximum Gasteiger partial charge on any atom is 0.315 e. The molecule has 0 bridgehead atoms. The van der Waals surface area contributed by atoms with Crippen LogP contribution < -0.4 is 10.6 Å². The van der Waals surface area contributed by atoms with Crippen molar-refractivity contribution in [1.82, 2.24) is 10.6 Å². The monoisotopic (exact) mass is 298 g/mol. The second kappa shape index (κ2) is 8.25. The van der Waals surface area contributed by atoms with Gasteiger partial charge in [0, 0.05) is 12.6 Å². The van der Waals surface area contributed by atoms with Crippen LogP contribution in [0.5, 0.6) is 0 Å². The third kappa shape index (κ3) is 4.90. The molecule has 1 aliphatic rings. The number of carboxylic acid groups (broad SMARTS) is 1. The van der Waals surface area contributed by atoms with Gasteiger partial charge in [-0.1, -0.05) is 40.0 Å². The van der Waals surface area contributed by atoms with Crippen molar-refractivity contribution in [3.63, 3.8) is 0 Å². The van der Waals surface area contributed by atoms with Gasteiger partial charge in [0.15, 0.2) is 0 Å². The molecular formula is C16H30N2O3. The number of rotatable bonds is 7. The van der Waals surface area contributed by atoms with E-state index in [4.69, 9.17) is 0 Å². The Labute approximate surface area is 127 Å².